The van der Waals surface area contributed by atoms with Crippen molar-refractivity contribution in [2.45, 2.75) is 26.1 Å². The maximum atomic E-state index is 10.5. The van der Waals surface area contributed by atoms with Crippen molar-refractivity contribution in [2.75, 3.05) is 26.2 Å². The molecular formula is C14H21N2O4+. The second kappa shape index (κ2) is 6.67. The minimum Gasteiger partial charge on any atom is -0.488 e. The summed E-state index contributed by atoms with van der Waals surface area (Å²) in [6, 6.07) is 6.19. The number of nitrogens with zero attached hydrogens (tertiary/aromatic N) is 1. The predicted octanol–water partition coefficient (Wildman–Crippen LogP) is 0.666. The third-order valence-electron chi connectivity index (χ3n) is 3.39. The van der Waals surface area contributed by atoms with Gasteiger partial charge in [0.1, 0.15) is 44.2 Å². The van der Waals surface area contributed by atoms with Gasteiger partial charge >= 0.3 is 0 Å². The molecule has 0 aromatic heterocycles. The third kappa shape index (κ3) is 4.18. The molecule has 1 aliphatic heterocycles. The Hall–Kier alpha value is -1.66. The Morgan fingerprint density at radius 1 is 1.30 bits per heavy atom. The van der Waals surface area contributed by atoms with E-state index in [4.69, 9.17) is 9.47 Å². The number of nitro benzene ring substituents is 1. The second-order valence-corrected chi connectivity index (χ2v) is 5.27. The number of rotatable bonds is 5. The summed E-state index contributed by atoms with van der Waals surface area (Å²) in [4.78, 5) is 11.6. The molecule has 6 heteroatoms. The number of hydrogen-bond donors (Lipinski definition) is 1. The second-order valence-electron chi connectivity index (χ2n) is 5.27. The summed E-state index contributed by atoms with van der Waals surface area (Å²) >= 11 is 0. The Bertz CT molecular complexity index is 439. The van der Waals surface area contributed by atoms with E-state index in [1.54, 1.807) is 12.1 Å². The molecule has 1 heterocycles. The first-order valence-electron chi connectivity index (χ1n) is 6.91. The monoisotopic (exact) mass is 281 g/mol. The van der Waals surface area contributed by atoms with Gasteiger partial charge in [-0.2, -0.15) is 0 Å². The lowest BCUT2D eigenvalue weighted by molar-refractivity contribution is -0.915. The van der Waals surface area contributed by atoms with Crippen LogP contribution in [-0.4, -0.2) is 43.4 Å². The molecule has 2 rings (SSSR count). The zero-order valence-corrected chi connectivity index (χ0v) is 11.9. The number of nitro groups is 1. The molecule has 6 nitrogen and oxygen atoms in total. The summed E-state index contributed by atoms with van der Waals surface area (Å²) in [7, 11) is 0. The van der Waals surface area contributed by atoms with E-state index in [0.29, 0.717) is 12.4 Å². The molecule has 0 radical (unpaired) electrons. The van der Waals surface area contributed by atoms with E-state index in [2.05, 4.69) is 13.8 Å². The van der Waals surface area contributed by atoms with Crippen LogP contribution in [0.25, 0.3) is 0 Å². The normalized spacial score (nSPS) is 26.2. The van der Waals surface area contributed by atoms with Crippen LogP contribution in [-0.2, 0) is 4.74 Å². The van der Waals surface area contributed by atoms with E-state index in [1.807, 2.05) is 0 Å². The molecule has 1 aliphatic rings. The van der Waals surface area contributed by atoms with E-state index >= 15 is 0 Å². The number of non-ortho nitro benzene ring substituents is 1. The van der Waals surface area contributed by atoms with E-state index in [1.165, 1.54) is 17.0 Å². The molecular weight excluding hydrogens is 260 g/mol. The van der Waals surface area contributed by atoms with Gasteiger partial charge in [-0.25, -0.2) is 0 Å². The van der Waals surface area contributed by atoms with Crippen molar-refractivity contribution in [2.24, 2.45) is 0 Å². The maximum Gasteiger partial charge on any atom is 0.269 e. The Labute approximate surface area is 118 Å². The lowest BCUT2D eigenvalue weighted by atomic mass is 10.2. The van der Waals surface area contributed by atoms with Crippen LogP contribution < -0.4 is 9.64 Å². The zero-order chi connectivity index (χ0) is 14.5. The van der Waals surface area contributed by atoms with E-state index in [-0.39, 0.29) is 17.9 Å². The smallest absolute Gasteiger partial charge is 0.269 e. The van der Waals surface area contributed by atoms with Gasteiger partial charge in [0.15, 0.2) is 0 Å². The standard InChI is InChI=1S/C14H20N2O4/c1-11-9-15(10-12(2)20-11)7-8-19-14-5-3-13(4-6-14)16(17)18/h3-6,11-12H,7-10H2,1-2H3/p+1/t11-,12-/m1/s1. The van der Waals surface area contributed by atoms with Crippen LogP contribution in [0.2, 0.25) is 0 Å². The summed E-state index contributed by atoms with van der Waals surface area (Å²) in [5.74, 6) is 0.671. The Balaban J connectivity index is 1.76. The van der Waals surface area contributed by atoms with Crippen LogP contribution in [0.1, 0.15) is 13.8 Å². The molecule has 110 valence electrons. The summed E-state index contributed by atoms with van der Waals surface area (Å²) in [6.07, 6.45) is 0.571. The van der Waals surface area contributed by atoms with Gasteiger partial charge in [0, 0.05) is 12.1 Å². The summed E-state index contributed by atoms with van der Waals surface area (Å²) in [5, 5.41) is 10.5. The van der Waals surface area contributed by atoms with E-state index in [0.717, 1.165) is 19.6 Å². The van der Waals surface area contributed by atoms with Crippen molar-refractivity contribution in [3.8, 4) is 5.75 Å². The van der Waals surface area contributed by atoms with Crippen LogP contribution in [0, 0.1) is 10.1 Å². The highest BCUT2D eigenvalue weighted by Gasteiger charge is 2.25. The molecule has 1 fully saturated rings. The molecule has 0 bridgehead atoms. The lowest BCUT2D eigenvalue weighted by Crippen LogP contribution is -3.16. The van der Waals surface area contributed by atoms with Crippen molar-refractivity contribution >= 4 is 5.69 Å². The first kappa shape index (κ1) is 14.7. The average Bonchev–Trinajstić information content (AvgIpc) is 2.38. The molecule has 0 aliphatic carbocycles. The van der Waals surface area contributed by atoms with Gasteiger partial charge in [-0.3, -0.25) is 10.1 Å². The van der Waals surface area contributed by atoms with Crippen molar-refractivity contribution in [1.82, 2.24) is 0 Å². The number of benzene rings is 1. The highest BCUT2D eigenvalue weighted by atomic mass is 16.6. The predicted molar refractivity (Wildman–Crippen MR) is 74.2 cm³/mol. The van der Waals surface area contributed by atoms with Crippen molar-refractivity contribution < 1.29 is 19.3 Å². The first-order chi connectivity index (χ1) is 9.54. The Morgan fingerprint density at radius 3 is 2.45 bits per heavy atom. The SMILES string of the molecule is C[C@@H]1C[NH+](CCOc2ccc([N+](=O)[O-])cc2)C[C@@H](C)O1. The Kier molecular flexibility index (Phi) is 4.92. The van der Waals surface area contributed by atoms with Crippen LogP contribution in [0.5, 0.6) is 5.75 Å². The molecule has 0 spiro atoms. The summed E-state index contributed by atoms with van der Waals surface area (Å²) in [5.41, 5.74) is 0.0822. The lowest BCUT2D eigenvalue weighted by Gasteiger charge is -2.32. The molecule has 1 aromatic carbocycles. The molecule has 1 aromatic rings. The van der Waals surface area contributed by atoms with Crippen LogP contribution in [0.4, 0.5) is 5.69 Å². The van der Waals surface area contributed by atoms with E-state index in [9.17, 15) is 10.1 Å². The molecule has 0 unspecified atom stereocenters. The summed E-state index contributed by atoms with van der Waals surface area (Å²) < 4.78 is 11.3. The van der Waals surface area contributed by atoms with Gasteiger partial charge in [-0.15, -0.1) is 0 Å². The average molecular weight is 281 g/mol. The first-order valence-corrected chi connectivity index (χ1v) is 6.91. The molecule has 20 heavy (non-hydrogen) atoms. The molecule has 0 saturated carbocycles. The van der Waals surface area contributed by atoms with Gasteiger partial charge in [-0.1, -0.05) is 0 Å². The van der Waals surface area contributed by atoms with Crippen LogP contribution >= 0.6 is 0 Å². The van der Waals surface area contributed by atoms with Crippen molar-refractivity contribution in [3.05, 3.63) is 34.4 Å². The van der Waals surface area contributed by atoms with E-state index < -0.39 is 4.92 Å². The zero-order valence-electron chi connectivity index (χ0n) is 11.9. The number of ether oxygens (including phenoxy) is 2. The van der Waals surface area contributed by atoms with Gasteiger partial charge in [-0.05, 0) is 26.0 Å². The minimum atomic E-state index is -0.412. The highest BCUT2D eigenvalue weighted by molar-refractivity contribution is 5.35. The van der Waals surface area contributed by atoms with Gasteiger partial charge < -0.3 is 14.4 Å². The highest BCUT2D eigenvalue weighted by Crippen LogP contribution is 2.16. The van der Waals surface area contributed by atoms with Gasteiger partial charge in [0.05, 0.1) is 4.92 Å². The Morgan fingerprint density at radius 2 is 1.90 bits per heavy atom. The fraction of sp³-hybridized carbons (Fsp3) is 0.571. The van der Waals surface area contributed by atoms with Gasteiger partial charge in [0.25, 0.3) is 5.69 Å². The number of nitrogens with one attached hydrogen (secondary N) is 1. The molecule has 0 amide bonds. The van der Waals surface area contributed by atoms with Crippen molar-refractivity contribution in [1.29, 1.82) is 0 Å². The fourth-order valence-electron chi connectivity index (χ4n) is 2.57. The largest absolute Gasteiger partial charge is 0.488 e. The van der Waals surface area contributed by atoms with Crippen LogP contribution in [0.15, 0.2) is 24.3 Å². The molecule has 1 N–H and O–H groups in total. The fourth-order valence-corrected chi connectivity index (χ4v) is 2.57. The van der Waals surface area contributed by atoms with Gasteiger partial charge in [0.2, 0.25) is 0 Å². The number of morpholine rings is 1. The number of quaternary nitrogens is 1. The number of hydrogen-bond acceptors (Lipinski definition) is 4. The summed E-state index contributed by atoms with van der Waals surface area (Å²) in [6.45, 7) is 7.68. The van der Waals surface area contributed by atoms with Crippen LogP contribution in [0.3, 0.4) is 0 Å². The topological polar surface area (TPSA) is 66.0 Å². The molecule has 1 saturated heterocycles. The quantitative estimate of drug-likeness (QED) is 0.636. The molecule has 2 atom stereocenters. The maximum absolute atomic E-state index is 10.5. The minimum absolute atomic E-state index is 0.0822. The van der Waals surface area contributed by atoms with Crippen molar-refractivity contribution in [3.63, 3.8) is 0 Å². The third-order valence-corrected chi connectivity index (χ3v) is 3.39.